The number of pyridine rings is 2. The molecule has 11 rings (SSSR count). The van der Waals surface area contributed by atoms with E-state index in [1.807, 2.05) is 116 Å². The van der Waals surface area contributed by atoms with Crippen molar-refractivity contribution >= 4 is 42.9 Å². The minimum atomic E-state index is -0.0446. The van der Waals surface area contributed by atoms with E-state index in [1.54, 1.807) is 11.3 Å². The van der Waals surface area contributed by atoms with E-state index in [4.69, 9.17) is 19.9 Å². The van der Waals surface area contributed by atoms with Crippen molar-refractivity contribution in [3.05, 3.63) is 199 Å². The van der Waals surface area contributed by atoms with Crippen LogP contribution in [0.15, 0.2) is 176 Å². The van der Waals surface area contributed by atoms with Crippen molar-refractivity contribution in [3.63, 3.8) is 0 Å². The number of fused-ring (bicyclic) bond motifs is 5. The van der Waals surface area contributed by atoms with Crippen LogP contribution in [-0.4, -0.2) is 32.0 Å². The molecule has 297 valence electrons. The van der Waals surface area contributed by atoms with E-state index < -0.39 is 0 Å². The normalized spacial score (nSPS) is 12.5. The Bertz CT molecular complexity index is 3080. The molecule has 4 aromatic heterocycles. The quantitative estimate of drug-likeness (QED) is 0.160. The molecule has 1 aliphatic rings. The summed E-state index contributed by atoms with van der Waals surface area (Å²) in [6.45, 7) is 4.58. The zero-order valence-corrected chi connectivity index (χ0v) is 36.9. The van der Waals surface area contributed by atoms with Gasteiger partial charge in [-0.15, -0.1) is 47.5 Å². The van der Waals surface area contributed by atoms with Gasteiger partial charge in [0.15, 0.2) is 17.5 Å². The average Bonchev–Trinajstić information content (AvgIpc) is 3.71. The standard InChI is InChI=1S/C32H19N4S.C21H19N2.Ir/c1-3-10-21(11-4-1)30-34-31(22-12-5-2-6-13-22)36-32(35-30)23-18-19-27(33-20-23)26-16-9-15-25-24-14-7-8-17-28(24)37-29(25)26;1-21(2)16-10-4-5-13-19(16)23(3)20-15(9-8-11-17(20)21)18-12-6-7-14-22-18;/h1-15,17-20H;4-8,10-14H,1-3H3;/q2*-1;. The molecule has 0 aliphatic carbocycles. The van der Waals surface area contributed by atoms with Gasteiger partial charge in [-0.1, -0.05) is 146 Å². The fourth-order valence-electron chi connectivity index (χ4n) is 8.10. The van der Waals surface area contributed by atoms with Crippen LogP contribution in [0.5, 0.6) is 0 Å². The third-order valence-electron chi connectivity index (χ3n) is 11.2. The Balaban J connectivity index is 0.000000171. The van der Waals surface area contributed by atoms with Gasteiger partial charge in [0.1, 0.15) is 0 Å². The number of aromatic nitrogens is 5. The summed E-state index contributed by atoms with van der Waals surface area (Å²) in [6, 6.07) is 62.3. The van der Waals surface area contributed by atoms with Crippen LogP contribution in [0.1, 0.15) is 25.0 Å². The van der Waals surface area contributed by atoms with Crippen LogP contribution in [0.2, 0.25) is 0 Å². The maximum absolute atomic E-state index is 4.83. The van der Waals surface area contributed by atoms with Crippen LogP contribution in [0.3, 0.4) is 0 Å². The van der Waals surface area contributed by atoms with Gasteiger partial charge in [-0.3, -0.25) is 0 Å². The molecule has 1 aliphatic heterocycles. The van der Waals surface area contributed by atoms with E-state index in [2.05, 4.69) is 104 Å². The molecule has 5 heterocycles. The Morgan fingerprint density at radius 1 is 0.525 bits per heavy atom. The van der Waals surface area contributed by atoms with Crippen molar-refractivity contribution in [2.75, 3.05) is 11.9 Å². The van der Waals surface area contributed by atoms with Gasteiger partial charge in [0.05, 0.1) is 0 Å². The van der Waals surface area contributed by atoms with Gasteiger partial charge in [-0.05, 0) is 50.9 Å². The molecule has 61 heavy (non-hydrogen) atoms. The second-order valence-electron chi connectivity index (χ2n) is 15.2. The minimum absolute atomic E-state index is 0. The summed E-state index contributed by atoms with van der Waals surface area (Å²) in [6.07, 6.45) is 3.68. The van der Waals surface area contributed by atoms with Gasteiger partial charge in [0.25, 0.3) is 0 Å². The summed E-state index contributed by atoms with van der Waals surface area (Å²) < 4.78 is 2.46. The van der Waals surface area contributed by atoms with Crippen LogP contribution in [0.25, 0.3) is 76.9 Å². The van der Waals surface area contributed by atoms with Gasteiger partial charge in [0.2, 0.25) is 0 Å². The Labute approximate surface area is 373 Å². The molecule has 0 saturated carbocycles. The number of hydrogen-bond donors (Lipinski definition) is 0. The molecule has 0 fully saturated rings. The molecule has 0 atom stereocenters. The van der Waals surface area contributed by atoms with Crippen molar-refractivity contribution in [2.45, 2.75) is 19.3 Å². The average molecular weight is 983 g/mol. The number of benzene rings is 6. The van der Waals surface area contributed by atoms with Crippen LogP contribution < -0.4 is 4.90 Å². The zero-order chi connectivity index (χ0) is 40.6. The summed E-state index contributed by atoms with van der Waals surface area (Å²) in [5.41, 5.74) is 11.7. The van der Waals surface area contributed by atoms with Crippen LogP contribution in [0, 0.1) is 12.1 Å². The minimum Gasteiger partial charge on any atom is -0.384 e. The number of rotatable bonds is 5. The van der Waals surface area contributed by atoms with Crippen LogP contribution in [0.4, 0.5) is 11.4 Å². The largest absolute Gasteiger partial charge is 0.384 e. The van der Waals surface area contributed by atoms with E-state index in [1.165, 1.54) is 42.7 Å². The van der Waals surface area contributed by atoms with Gasteiger partial charge in [0, 0.05) is 72.0 Å². The first kappa shape index (κ1) is 39.7. The first-order valence-electron chi connectivity index (χ1n) is 19.9. The molecule has 0 unspecified atom stereocenters. The monoisotopic (exact) mass is 983 g/mol. The van der Waals surface area contributed by atoms with E-state index in [9.17, 15) is 0 Å². The van der Waals surface area contributed by atoms with Crippen LogP contribution >= 0.6 is 11.3 Å². The summed E-state index contributed by atoms with van der Waals surface area (Å²) in [7, 11) is 2.13. The Hall–Kier alpha value is -6.70. The summed E-state index contributed by atoms with van der Waals surface area (Å²) in [5, 5.41) is 2.50. The third kappa shape index (κ3) is 7.44. The van der Waals surface area contributed by atoms with Gasteiger partial charge in [-0.25, -0.2) is 15.0 Å². The maximum atomic E-state index is 4.83. The SMILES string of the molecule is CN1c2ccccc2C(C)(C)c2cc[c-]c(-c3ccccn3)c21.[Ir].[c-]1ccc2c(sc3ccccc32)c1-c1ccc(-c2nc(-c3ccccc3)nc(-c3ccccc3)n2)cn1. The summed E-state index contributed by atoms with van der Waals surface area (Å²) >= 11 is 1.78. The van der Waals surface area contributed by atoms with E-state index >= 15 is 0 Å². The molecule has 0 saturated heterocycles. The number of nitrogens with zero attached hydrogens (tertiary/aromatic N) is 6. The smallest absolute Gasteiger partial charge is 0.165 e. The molecule has 1 radical (unpaired) electrons. The Kier molecular flexibility index (Phi) is 10.9. The molecule has 6 nitrogen and oxygen atoms in total. The Morgan fingerprint density at radius 3 is 1.82 bits per heavy atom. The summed E-state index contributed by atoms with van der Waals surface area (Å²) in [4.78, 5) is 26.0. The Morgan fingerprint density at radius 2 is 1.13 bits per heavy atom. The van der Waals surface area contributed by atoms with E-state index in [0.717, 1.165) is 39.2 Å². The summed E-state index contributed by atoms with van der Waals surface area (Å²) in [5.74, 6) is 1.87. The first-order valence-corrected chi connectivity index (χ1v) is 20.7. The first-order chi connectivity index (χ1) is 29.4. The molecule has 0 N–H and O–H groups in total. The molecule has 8 heteroatoms. The molecule has 0 bridgehead atoms. The van der Waals surface area contributed by atoms with E-state index in [0.29, 0.717) is 17.5 Å². The predicted molar refractivity (Wildman–Crippen MR) is 246 cm³/mol. The number of thiophene rings is 1. The van der Waals surface area contributed by atoms with Gasteiger partial charge >= 0.3 is 0 Å². The molecule has 10 aromatic rings. The molecule has 0 amide bonds. The van der Waals surface area contributed by atoms with Crippen molar-refractivity contribution in [1.82, 2.24) is 24.9 Å². The second kappa shape index (κ2) is 16.7. The van der Waals surface area contributed by atoms with Gasteiger partial charge in [-0.2, -0.15) is 11.3 Å². The third-order valence-corrected chi connectivity index (χ3v) is 12.4. The molecular weight excluding hydrogens is 945 g/mol. The van der Waals surface area contributed by atoms with Crippen molar-refractivity contribution in [3.8, 4) is 56.7 Å². The van der Waals surface area contributed by atoms with E-state index in [-0.39, 0.29) is 25.5 Å². The van der Waals surface area contributed by atoms with Crippen molar-refractivity contribution < 1.29 is 20.1 Å². The van der Waals surface area contributed by atoms with Gasteiger partial charge < -0.3 is 14.9 Å². The van der Waals surface area contributed by atoms with Crippen LogP contribution in [-0.2, 0) is 25.5 Å². The number of hydrogen-bond acceptors (Lipinski definition) is 7. The maximum Gasteiger partial charge on any atom is 0.165 e. The topological polar surface area (TPSA) is 67.7 Å². The molecule has 6 aromatic carbocycles. The molecule has 0 spiro atoms. The number of para-hydroxylation sites is 1. The van der Waals surface area contributed by atoms with Crippen molar-refractivity contribution in [1.29, 1.82) is 0 Å². The predicted octanol–water partition coefficient (Wildman–Crippen LogP) is 13.1. The number of anilines is 2. The molecular formula is C53H38IrN6S-2. The zero-order valence-electron chi connectivity index (χ0n) is 33.7. The fraction of sp³-hybridized carbons (Fsp3) is 0.0755. The fourth-order valence-corrected chi connectivity index (χ4v) is 9.31. The van der Waals surface area contributed by atoms with Crippen molar-refractivity contribution in [2.24, 2.45) is 0 Å². The second-order valence-corrected chi connectivity index (χ2v) is 16.2.